The van der Waals surface area contributed by atoms with Gasteiger partial charge in [-0.05, 0) is 0 Å². The summed E-state index contributed by atoms with van der Waals surface area (Å²) in [4.78, 5) is 0. The first-order valence-corrected chi connectivity index (χ1v) is 5.04. The molecule has 0 spiro atoms. The normalized spacial score (nSPS) is 12.7. The predicted molar refractivity (Wildman–Crippen MR) is 45.4 cm³/mol. The Morgan fingerprint density at radius 1 is 1.00 bits per heavy atom. The predicted octanol–water partition coefficient (Wildman–Crippen LogP) is -1.23. The summed E-state index contributed by atoms with van der Waals surface area (Å²) in [5.74, 6) is -5.54. The van der Waals surface area contributed by atoms with E-state index in [-0.39, 0.29) is 18.9 Å². The van der Waals surface area contributed by atoms with Gasteiger partial charge in [0.25, 0.3) is 0 Å². The summed E-state index contributed by atoms with van der Waals surface area (Å²) in [7, 11) is -9.13. The molecule has 0 unspecified atom stereocenters. The maximum atomic E-state index is 12.4. The summed E-state index contributed by atoms with van der Waals surface area (Å²) >= 11 is 0. The molecule has 0 rings (SSSR count). The summed E-state index contributed by atoms with van der Waals surface area (Å²) in [6, 6.07) is 0. The van der Waals surface area contributed by atoms with E-state index in [0.717, 1.165) is 0 Å². The fourth-order valence-electron chi connectivity index (χ4n) is 0.372. The van der Waals surface area contributed by atoms with Crippen molar-refractivity contribution in [2.45, 2.75) is 11.2 Å². The molecule has 12 heteroatoms. The van der Waals surface area contributed by atoms with E-state index in [0.29, 0.717) is 0 Å². The molecule has 15 heavy (non-hydrogen) atoms. The van der Waals surface area contributed by atoms with Crippen molar-refractivity contribution >= 4 is 45.3 Å². The van der Waals surface area contributed by atoms with Crippen molar-refractivity contribution in [3.05, 3.63) is 0 Å². The molecule has 0 aromatic heterocycles. The van der Waals surface area contributed by atoms with Gasteiger partial charge < -0.3 is 0 Å². The molecule has 0 radical (unpaired) electrons. The van der Waals surface area contributed by atoms with Crippen molar-refractivity contribution < 1.29 is 34.4 Å². The number of alkyl halides is 4. The van der Waals surface area contributed by atoms with E-state index in [1.54, 1.807) is 0 Å². The molecule has 86 valence electrons. The van der Waals surface area contributed by atoms with Crippen LogP contribution in [0, 0.1) is 5.41 Å². The van der Waals surface area contributed by atoms with Crippen LogP contribution < -0.4 is 0 Å². The van der Waals surface area contributed by atoms with E-state index in [9.17, 15) is 34.4 Å². The van der Waals surface area contributed by atoms with E-state index in [4.69, 9.17) is 5.41 Å². The Bertz CT molecular complexity index is 387. The number of rotatable bonds is 3. The van der Waals surface area contributed by atoms with Crippen LogP contribution in [0.2, 0.25) is 0 Å². The van der Waals surface area contributed by atoms with Crippen LogP contribution in [0.3, 0.4) is 0 Å². The fraction of sp³-hybridized carbons (Fsp3) is 0.667. The minimum atomic E-state index is -5.59. The monoisotopic (exact) mass is 265 g/mol. The summed E-state index contributed by atoms with van der Waals surface area (Å²) < 4.78 is 88.1. The van der Waals surface area contributed by atoms with Gasteiger partial charge in [0.2, 0.25) is 10.7 Å². The van der Waals surface area contributed by atoms with Gasteiger partial charge in [0.15, 0.2) is 15.7 Å². The zero-order chi connectivity index (χ0) is 11.7. The molecule has 0 bridgehead atoms. The number of nitrogens with one attached hydrogen (secondary N) is 1. The summed E-state index contributed by atoms with van der Waals surface area (Å²) in [5, 5.41) is -2.13. The van der Waals surface area contributed by atoms with E-state index in [2.05, 4.69) is 0 Å². The van der Waals surface area contributed by atoms with E-state index >= 15 is 0 Å². The Kier molecular flexibility index (Phi) is 6.09. The molecule has 0 aliphatic carbocycles. The van der Waals surface area contributed by atoms with Crippen molar-refractivity contribution in [1.29, 1.82) is 5.41 Å². The summed E-state index contributed by atoms with van der Waals surface area (Å²) in [6.07, 6.45) is 0. The van der Waals surface area contributed by atoms with Gasteiger partial charge in [-0.2, -0.15) is 17.6 Å². The molecule has 0 fully saturated rings. The van der Waals surface area contributed by atoms with Crippen LogP contribution in [0.5, 0.6) is 0 Å². The molecule has 0 aromatic carbocycles. The summed E-state index contributed by atoms with van der Waals surface area (Å²) in [6.45, 7) is 0. The van der Waals surface area contributed by atoms with Crippen LogP contribution in [0.4, 0.5) is 17.6 Å². The minimum absolute atomic E-state index is 0. The van der Waals surface area contributed by atoms with Crippen molar-refractivity contribution in [2.75, 3.05) is 0 Å². The average molecular weight is 265 g/mol. The van der Waals surface area contributed by atoms with Gasteiger partial charge in [0, 0.05) is 0 Å². The third-order valence-corrected chi connectivity index (χ3v) is 2.47. The number of hydrogen-bond acceptors (Lipinski definition) is 5. The third-order valence-electron chi connectivity index (χ3n) is 1.09. The molecular formula is C3H4F4LiNO4S2. The average Bonchev–Trinajstić information content (AvgIpc) is 2.01. The van der Waals surface area contributed by atoms with Crippen molar-refractivity contribution in [3.63, 3.8) is 0 Å². The molecule has 1 N–H and O–H groups in total. The van der Waals surface area contributed by atoms with Gasteiger partial charge in [-0.3, -0.25) is 5.41 Å². The first-order chi connectivity index (χ1) is 6.05. The Balaban J connectivity index is 0. The molecular weight excluding hydrogens is 261 g/mol. The van der Waals surface area contributed by atoms with Crippen LogP contribution in [0.25, 0.3) is 0 Å². The third kappa shape index (κ3) is 3.17. The van der Waals surface area contributed by atoms with Gasteiger partial charge in [0.1, 0.15) is 0 Å². The Morgan fingerprint density at radius 2 is 1.33 bits per heavy atom. The molecule has 0 aliphatic rings. The zero-order valence-electron chi connectivity index (χ0n) is 6.04. The fourth-order valence-corrected chi connectivity index (χ4v) is 1.17. The molecule has 0 heterocycles. The standard InChI is InChI=1S/C3H3F4NO4S2.Li.H/c4-2(5,1(8)13(9)10)3(6,7)14(11)12;;/h8,13-14H;;. The van der Waals surface area contributed by atoms with Crippen LogP contribution in [0.15, 0.2) is 0 Å². The topological polar surface area (TPSA) is 92.1 Å². The molecule has 0 aromatic rings. The van der Waals surface area contributed by atoms with Crippen LogP contribution in [-0.4, -0.2) is 51.9 Å². The Labute approximate surface area is 96.4 Å². The molecule has 0 atom stereocenters. The first kappa shape index (κ1) is 17.3. The van der Waals surface area contributed by atoms with Gasteiger partial charge in [-0.25, -0.2) is 16.8 Å². The molecule has 0 saturated heterocycles. The Morgan fingerprint density at radius 3 is 1.53 bits per heavy atom. The second kappa shape index (κ2) is 5.29. The zero-order valence-corrected chi connectivity index (χ0v) is 7.83. The van der Waals surface area contributed by atoms with Gasteiger partial charge in [-0.15, -0.1) is 0 Å². The molecule has 0 aliphatic heterocycles. The maximum absolute atomic E-state index is 12.4. The number of halogens is 4. The SMILES string of the molecule is N=C([SH](=O)=O)C(F)(F)C(F)(F)[SH](=O)=O.[LiH]. The summed E-state index contributed by atoms with van der Waals surface area (Å²) in [5.41, 5.74) is 0. The van der Waals surface area contributed by atoms with Gasteiger partial charge in [0.05, 0.1) is 0 Å². The number of hydrogen-bond donors (Lipinski definition) is 3. The molecule has 0 saturated carbocycles. The van der Waals surface area contributed by atoms with Crippen LogP contribution >= 0.6 is 0 Å². The van der Waals surface area contributed by atoms with Crippen LogP contribution in [-0.2, 0) is 21.4 Å². The first-order valence-electron chi connectivity index (χ1n) is 2.68. The second-order valence-corrected chi connectivity index (χ2v) is 4.02. The number of thiol groups is 2. The van der Waals surface area contributed by atoms with Crippen molar-refractivity contribution in [1.82, 2.24) is 0 Å². The van der Waals surface area contributed by atoms with Crippen LogP contribution in [0.1, 0.15) is 0 Å². The van der Waals surface area contributed by atoms with E-state index in [1.807, 2.05) is 0 Å². The van der Waals surface area contributed by atoms with Crippen molar-refractivity contribution in [2.24, 2.45) is 0 Å². The van der Waals surface area contributed by atoms with E-state index < -0.39 is 37.6 Å². The second-order valence-electron chi connectivity index (χ2n) is 1.98. The van der Waals surface area contributed by atoms with E-state index in [1.165, 1.54) is 0 Å². The molecule has 0 amide bonds. The quantitative estimate of drug-likeness (QED) is 0.196. The van der Waals surface area contributed by atoms with Gasteiger partial charge in [-0.1, -0.05) is 0 Å². The van der Waals surface area contributed by atoms with Gasteiger partial charge >= 0.3 is 30.0 Å². The Hall–Kier alpha value is -0.113. The van der Waals surface area contributed by atoms with Crippen molar-refractivity contribution in [3.8, 4) is 0 Å². The molecule has 5 nitrogen and oxygen atoms in total.